The highest BCUT2D eigenvalue weighted by Gasteiger charge is 2.39. The van der Waals surface area contributed by atoms with E-state index in [1.165, 1.54) is 5.56 Å². The van der Waals surface area contributed by atoms with E-state index < -0.39 is 11.9 Å². The molecule has 1 aromatic heterocycles. The number of benzene rings is 1. The van der Waals surface area contributed by atoms with Crippen LogP contribution in [-0.2, 0) is 12.7 Å². The molecule has 26 heavy (non-hydrogen) atoms. The van der Waals surface area contributed by atoms with Crippen molar-refractivity contribution in [2.75, 3.05) is 6.54 Å². The summed E-state index contributed by atoms with van der Waals surface area (Å²) in [5.74, 6) is 1.02. The molecular formula is C17H18BrF3N4S. The fourth-order valence-corrected chi connectivity index (χ4v) is 3.58. The highest BCUT2D eigenvalue weighted by molar-refractivity contribution is 9.10. The molecule has 140 valence electrons. The summed E-state index contributed by atoms with van der Waals surface area (Å²) < 4.78 is 38.9. The van der Waals surface area contributed by atoms with E-state index in [9.17, 15) is 13.2 Å². The Balaban J connectivity index is 1.60. The molecule has 0 bridgehead atoms. The fraction of sp³-hybridized carbons (Fsp3) is 0.412. The normalized spacial score (nSPS) is 20.1. The van der Waals surface area contributed by atoms with E-state index in [2.05, 4.69) is 48.7 Å². The molecule has 0 radical (unpaired) electrons. The maximum absolute atomic E-state index is 12.6. The summed E-state index contributed by atoms with van der Waals surface area (Å²) in [5.41, 5.74) is 0.402. The molecule has 1 aliphatic rings. The first-order valence-corrected chi connectivity index (χ1v) is 9.86. The maximum Gasteiger partial charge on any atom is 0.434 e. The smallest absolute Gasteiger partial charge is 0.357 e. The van der Waals surface area contributed by atoms with Crippen molar-refractivity contribution in [3.8, 4) is 0 Å². The lowest BCUT2D eigenvalue weighted by Crippen LogP contribution is -2.39. The maximum atomic E-state index is 12.6. The lowest BCUT2D eigenvalue weighted by Gasteiger charge is -2.11. The minimum atomic E-state index is -4.41. The van der Waals surface area contributed by atoms with Crippen molar-refractivity contribution >= 4 is 33.2 Å². The molecule has 4 nitrogen and oxygen atoms in total. The van der Waals surface area contributed by atoms with Crippen LogP contribution < -0.4 is 10.6 Å². The molecule has 0 spiro atoms. The van der Waals surface area contributed by atoms with Crippen LogP contribution in [0.3, 0.4) is 0 Å². The molecule has 0 amide bonds. The molecule has 2 N–H and O–H groups in total. The quantitative estimate of drug-likeness (QED) is 0.523. The number of guanidine groups is 1. The average Bonchev–Trinajstić information content (AvgIpc) is 3.16. The summed E-state index contributed by atoms with van der Waals surface area (Å²) in [7, 11) is 0. The average molecular weight is 447 g/mol. The van der Waals surface area contributed by atoms with E-state index >= 15 is 0 Å². The van der Waals surface area contributed by atoms with Crippen molar-refractivity contribution in [1.82, 2.24) is 15.6 Å². The summed E-state index contributed by atoms with van der Waals surface area (Å²) in [6, 6.07) is 8.50. The Morgan fingerprint density at radius 1 is 1.35 bits per heavy atom. The van der Waals surface area contributed by atoms with Crippen molar-refractivity contribution in [2.24, 2.45) is 4.99 Å². The molecule has 1 aliphatic carbocycles. The number of nitrogens with zero attached hydrogens (tertiary/aromatic N) is 2. The van der Waals surface area contributed by atoms with Crippen LogP contribution in [-0.4, -0.2) is 23.5 Å². The Labute approximate surface area is 162 Å². The zero-order chi connectivity index (χ0) is 18.7. The first-order chi connectivity index (χ1) is 12.4. The summed E-state index contributed by atoms with van der Waals surface area (Å²) in [5, 5.41) is 7.84. The zero-order valence-electron chi connectivity index (χ0n) is 14.0. The van der Waals surface area contributed by atoms with Crippen LogP contribution in [0.5, 0.6) is 0 Å². The molecule has 1 aromatic carbocycles. The number of alkyl halides is 3. The Kier molecular flexibility index (Phi) is 5.86. The van der Waals surface area contributed by atoms with E-state index in [-0.39, 0.29) is 12.6 Å². The lowest BCUT2D eigenvalue weighted by atomic mass is 10.1. The Morgan fingerprint density at radius 2 is 2.08 bits per heavy atom. The molecule has 0 saturated heterocycles. The van der Waals surface area contributed by atoms with Crippen molar-refractivity contribution in [1.29, 1.82) is 0 Å². The van der Waals surface area contributed by atoms with Gasteiger partial charge in [0.25, 0.3) is 0 Å². The van der Waals surface area contributed by atoms with Gasteiger partial charge in [-0.3, -0.25) is 0 Å². The number of hydrogen-bond donors (Lipinski definition) is 2. The number of rotatable bonds is 5. The molecule has 2 unspecified atom stereocenters. The standard InChI is InChI=1S/C17H18BrF3N4S/c1-2-22-16(23-8-15-25-14(9-26-15)17(19,20)21)24-13-7-12(13)10-3-5-11(18)6-4-10/h3-6,9,12-13H,2,7-8H2,1H3,(H2,22,23,24). The third kappa shape index (κ3) is 4.97. The third-order valence-electron chi connectivity index (χ3n) is 3.97. The van der Waals surface area contributed by atoms with Gasteiger partial charge in [0.2, 0.25) is 0 Å². The summed E-state index contributed by atoms with van der Waals surface area (Å²) in [4.78, 5) is 7.97. The van der Waals surface area contributed by atoms with E-state index in [4.69, 9.17) is 0 Å². The molecule has 0 aliphatic heterocycles. The molecule has 3 rings (SSSR count). The van der Waals surface area contributed by atoms with Gasteiger partial charge in [0.15, 0.2) is 11.7 Å². The van der Waals surface area contributed by atoms with Crippen LogP contribution in [0.25, 0.3) is 0 Å². The molecule has 1 saturated carbocycles. The fourth-order valence-electron chi connectivity index (χ4n) is 2.59. The van der Waals surface area contributed by atoms with Gasteiger partial charge < -0.3 is 10.6 Å². The first kappa shape index (κ1) is 19.2. The van der Waals surface area contributed by atoms with Crippen LogP contribution in [0.1, 0.15) is 35.5 Å². The lowest BCUT2D eigenvalue weighted by molar-refractivity contribution is -0.140. The summed E-state index contributed by atoms with van der Waals surface area (Å²) in [6.45, 7) is 2.74. The number of hydrogen-bond acceptors (Lipinski definition) is 3. The topological polar surface area (TPSA) is 49.3 Å². The molecule has 1 fully saturated rings. The van der Waals surface area contributed by atoms with E-state index in [0.717, 1.165) is 27.6 Å². The first-order valence-electron chi connectivity index (χ1n) is 8.18. The molecule has 2 atom stereocenters. The highest BCUT2D eigenvalue weighted by Crippen LogP contribution is 2.41. The minimum Gasteiger partial charge on any atom is -0.357 e. The number of aliphatic imine (C=N–C) groups is 1. The SMILES string of the molecule is CCNC(=NCc1nc(C(F)(F)F)cs1)NC1CC1c1ccc(Br)cc1. The third-order valence-corrected chi connectivity index (χ3v) is 5.33. The monoisotopic (exact) mass is 446 g/mol. The Hall–Kier alpha value is -1.61. The zero-order valence-corrected chi connectivity index (χ0v) is 16.4. The minimum absolute atomic E-state index is 0.117. The van der Waals surface area contributed by atoms with E-state index in [1.54, 1.807) is 0 Å². The number of nitrogens with one attached hydrogen (secondary N) is 2. The van der Waals surface area contributed by atoms with E-state index in [0.29, 0.717) is 23.4 Å². The van der Waals surface area contributed by atoms with Crippen molar-refractivity contribution < 1.29 is 13.2 Å². The predicted molar refractivity (Wildman–Crippen MR) is 100 cm³/mol. The largest absolute Gasteiger partial charge is 0.434 e. The molecular weight excluding hydrogens is 429 g/mol. The molecule has 1 heterocycles. The van der Waals surface area contributed by atoms with Gasteiger partial charge in [-0.15, -0.1) is 11.3 Å². The number of aromatic nitrogens is 1. The van der Waals surface area contributed by atoms with Crippen LogP contribution in [0.15, 0.2) is 39.1 Å². The second-order valence-electron chi connectivity index (χ2n) is 5.96. The van der Waals surface area contributed by atoms with Crippen LogP contribution in [0.4, 0.5) is 13.2 Å². The van der Waals surface area contributed by atoms with Crippen LogP contribution >= 0.6 is 27.3 Å². The molecule has 9 heteroatoms. The second-order valence-corrected chi connectivity index (χ2v) is 7.82. The van der Waals surface area contributed by atoms with Gasteiger partial charge in [-0.25, -0.2) is 9.98 Å². The van der Waals surface area contributed by atoms with Gasteiger partial charge in [0.05, 0.1) is 6.54 Å². The van der Waals surface area contributed by atoms with Gasteiger partial charge in [-0.2, -0.15) is 13.2 Å². The number of halogens is 4. The number of thiazole rings is 1. The van der Waals surface area contributed by atoms with Gasteiger partial charge in [-0.1, -0.05) is 28.1 Å². The van der Waals surface area contributed by atoms with Crippen LogP contribution in [0, 0.1) is 0 Å². The second kappa shape index (κ2) is 7.96. The van der Waals surface area contributed by atoms with Gasteiger partial charge in [-0.05, 0) is 31.0 Å². The Bertz CT molecular complexity index is 773. The predicted octanol–water partition coefficient (Wildman–Crippen LogP) is 4.54. The van der Waals surface area contributed by atoms with Crippen molar-refractivity contribution in [3.63, 3.8) is 0 Å². The van der Waals surface area contributed by atoms with Gasteiger partial charge in [0, 0.05) is 28.4 Å². The Morgan fingerprint density at radius 3 is 2.69 bits per heavy atom. The molecule has 2 aromatic rings. The summed E-state index contributed by atoms with van der Waals surface area (Å²) >= 11 is 4.40. The van der Waals surface area contributed by atoms with Crippen molar-refractivity contribution in [3.05, 3.63) is 50.4 Å². The van der Waals surface area contributed by atoms with Gasteiger partial charge >= 0.3 is 6.18 Å². The van der Waals surface area contributed by atoms with Gasteiger partial charge in [0.1, 0.15) is 5.01 Å². The van der Waals surface area contributed by atoms with E-state index in [1.807, 2.05) is 19.1 Å². The van der Waals surface area contributed by atoms with Crippen LogP contribution in [0.2, 0.25) is 0 Å². The summed E-state index contributed by atoms with van der Waals surface area (Å²) in [6.07, 6.45) is -3.41. The highest BCUT2D eigenvalue weighted by atomic mass is 79.9. The van der Waals surface area contributed by atoms with Crippen molar-refractivity contribution in [2.45, 2.75) is 38.0 Å².